The molecular formula is C27H28ClFN6O2. The molecule has 0 atom stereocenters. The topological polar surface area (TPSA) is 96.2 Å². The number of carboxylic acids is 1. The van der Waals surface area contributed by atoms with Gasteiger partial charge in [-0.2, -0.15) is 0 Å². The molecule has 0 amide bonds. The van der Waals surface area contributed by atoms with Gasteiger partial charge in [0.05, 0.1) is 5.56 Å². The number of rotatable bonds is 6. The first-order valence-electron chi connectivity index (χ1n) is 12.2. The minimum Gasteiger partial charge on any atom is -0.480 e. The minimum atomic E-state index is -0.993. The summed E-state index contributed by atoms with van der Waals surface area (Å²) in [5.41, 5.74) is 1.15. The third-order valence-corrected chi connectivity index (χ3v) is 6.94. The van der Waals surface area contributed by atoms with E-state index in [0.29, 0.717) is 65.1 Å². The molecule has 37 heavy (non-hydrogen) atoms. The van der Waals surface area contributed by atoms with Crippen molar-refractivity contribution in [2.75, 3.05) is 18.0 Å². The Bertz CT molecular complexity index is 1460. The lowest BCUT2D eigenvalue weighted by molar-refractivity contribution is -0.146. The number of fused-ring (bicyclic) bond motifs is 1. The predicted molar refractivity (Wildman–Crippen MR) is 142 cm³/mol. The summed E-state index contributed by atoms with van der Waals surface area (Å²) in [5.74, 6) is 0.293. The van der Waals surface area contributed by atoms with Crippen molar-refractivity contribution in [1.29, 1.82) is 0 Å². The van der Waals surface area contributed by atoms with Crippen LogP contribution in [0.25, 0.3) is 28.2 Å². The largest absolute Gasteiger partial charge is 0.480 e. The van der Waals surface area contributed by atoms with Gasteiger partial charge in [0, 0.05) is 29.8 Å². The number of carbonyl (C=O) groups is 1. The molecule has 1 saturated heterocycles. The summed E-state index contributed by atoms with van der Waals surface area (Å²) in [5, 5.41) is 13.8. The van der Waals surface area contributed by atoms with E-state index in [1.54, 1.807) is 37.3 Å². The lowest BCUT2D eigenvalue weighted by Gasteiger charge is -2.41. The van der Waals surface area contributed by atoms with Crippen LogP contribution in [-0.4, -0.2) is 55.3 Å². The second-order valence-corrected chi connectivity index (χ2v) is 10.1. The van der Waals surface area contributed by atoms with Crippen molar-refractivity contribution in [3.8, 4) is 17.1 Å². The number of hydrogen-bond acceptors (Lipinski definition) is 6. The van der Waals surface area contributed by atoms with Crippen molar-refractivity contribution < 1.29 is 14.3 Å². The van der Waals surface area contributed by atoms with Crippen LogP contribution in [0.4, 0.5) is 10.2 Å². The Morgan fingerprint density at radius 1 is 1.08 bits per heavy atom. The quantitative estimate of drug-likeness (QED) is 0.367. The predicted octanol–water partition coefficient (Wildman–Crippen LogP) is 5.01. The number of nitrogens with one attached hydrogen (secondary N) is 1. The molecule has 2 aromatic carbocycles. The highest BCUT2D eigenvalue weighted by atomic mass is 35.5. The average Bonchev–Trinajstić information content (AvgIpc) is 3.23. The lowest BCUT2D eigenvalue weighted by atomic mass is 9.86. The van der Waals surface area contributed by atoms with Crippen LogP contribution in [0.5, 0.6) is 0 Å². The van der Waals surface area contributed by atoms with Gasteiger partial charge in [-0.25, -0.2) is 19.3 Å². The highest BCUT2D eigenvalue weighted by Crippen LogP contribution is 2.35. The maximum atomic E-state index is 15.0. The van der Waals surface area contributed by atoms with E-state index in [4.69, 9.17) is 26.6 Å². The highest BCUT2D eigenvalue weighted by Gasteiger charge is 2.42. The number of piperidine rings is 1. The number of halogens is 2. The van der Waals surface area contributed by atoms with E-state index in [1.807, 2.05) is 35.4 Å². The molecule has 1 aliphatic rings. The molecule has 192 valence electrons. The third-order valence-electron chi connectivity index (χ3n) is 6.69. The molecule has 1 fully saturated rings. The van der Waals surface area contributed by atoms with E-state index >= 15 is 0 Å². The summed E-state index contributed by atoms with van der Waals surface area (Å²) in [6, 6.07) is 13.7. The fourth-order valence-corrected chi connectivity index (χ4v) is 5.13. The van der Waals surface area contributed by atoms with Crippen molar-refractivity contribution >= 4 is 34.6 Å². The van der Waals surface area contributed by atoms with Crippen molar-refractivity contribution in [3.63, 3.8) is 0 Å². The van der Waals surface area contributed by atoms with Crippen LogP contribution >= 0.6 is 11.6 Å². The van der Waals surface area contributed by atoms with Crippen LogP contribution in [0.3, 0.4) is 0 Å². The summed E-state index contributed by atoms with van der Waals surface area (Å²) >= 11 is 6.14. The standard InChI is InChI=1S/C27H28ClFN6O2/c1-16(2)33-27(26(36)37)12-14-34(15-13-27)24-22-25(31-17(3)30-24)35(19-10-8-18(28)9-11-19)23(32-22)20-6-4-5-7-21(20)29/h4-11,16,33H,12-15H2,1-3H3,(H,36,37). The first-order valence-corrected chi connectivity index (χ1v) is 12.6. The Kier molecular flexibility index (Phi) is 6.59. The Hall–Kier alpha value is -3.56. The number of aliphatic carboxylic acids is 1. The van der Waals surface area contributed by atoms with Gasteiger partial charge in [0.2, 0.25) is 0 Å². The first-order chi connectivity index (χ1) is 17.7. The number of aryl methyl sites for hydroxylation is 1. The van der Waals surface area contributed by atoms with Gasteiger partial charge in [0.1, 0.15) is 23.0 Å². The summed E-state index contributed by atoms with van der Waals surface area (Å²) < 4.78 is 16.8. The molecule has 0 radical (unpaired) electrons. The Balaban J connectivity index is 1.65. The Morgan fingerprint density at radius 2 is 1.76 bits per heavy atom. The van der Waals surface area contributed by atoms with E-state index in [0.717, 1.165) is 5.69 Å². The molecule has 2 N–H and O–H groups in total. The van der Waals surface area contributed by atoms with Crippen LogP contribution in [0.15, 0.2) is 48.5 Å². The van der Waals surface area contributed by atoms with Crippen LogP contribution in [0.1, 0.15) is 32.5 Å². The third kappa shape index (κ3) is 4.65. The van der Waals surface area contributed by atoms with Gasteiger partial charge < -0.3 is 10.0 Å². The summed E-state index contributed by atoms with van der Waals surface area (Å²) in [7, 11) is 0. The lowest BCUT2D eigenvalue weighted by Crippen LogP contribution is -2.60. The molecule has 1 aliphatic heterocycles. The number of hydrogen-bond donors (Lipinski definition) is 2. The molecule has 3 heterocycles. The van der Waals surface area contributed by atoms with Gasteiger partial charge in [-0.1, -0.05) is 23.7 Å². The van der Waals surface area contributed by atoms with Crippen molar-refractivity contribution in [2.24, 2.45) is 0 Å². The molecule has 0 saturated carbocycles. The maximum absolute atomic E-state index is 15.0. The van der Waals surface area contributed by atoms with Gasteiger partial charge in [0.25, 0.3) is 0 Å². The van der Waals surface area contributed by atoms with Crippen molar-refractivity contribution in [3.05, 3.63) is 65.2 Å². The number of carboxylic acid groups (broad SMARTS) is 1. The fourth-order valence-electron chi connectivity index (χ4n) is 5.00. The fraction of sp³-hybridized carbons (Fsp3) is 0.333. The number of anilines is 1. The summed E-state index contributed by atoms with van der Waals surface area (Å²) in [6.45, 7) is 6.64. The molecule has 4 aromatic rings. The summed E-state index contributed by atoms with van der Waals surface area (Å²) in [6.07, 6.45) is 0.812. The van der Waals surface area contributed by atoms with E-state index in [2.05, 4.69) is 5.32 Å². The zero-order valence-corrected chi connectivity index (χ0v) is 21.6. The molecule has 5 rings (SSSR count). The first kappa shape index (κ1) is 25.1. The normalized spacial score (nSPS) is 15.5. The van der Waals surface area contributed by atoms with Crippen LogP contribution in [0.2, 0.25) is 5.02 Å². The molecule has 8 nitrogen and oxygen atoms in total. The van der Waals surface area contributed by atoms with Crippen LogP contribution in [-0.2, 0) is 4.79 Å². The van der Waals surface area contributed by atoms with Gasteiger partial charge in [0.15, 0.2) is 17.0 Å². The van der Waals surface area contributed by atoms with E-state index < -0.39 is 17.3 Å². The highest BCUT2D eigenvalue weighted by molar-refractivity contribution is 6.30. The molecule has 0 aliphatic carbocycles. The second kappa shape index (κ2) is 9.72. The smallest absolute Gasteiger partial charge is 0.324 e. The Labute approximate surface area is 219 Å². The van der Waals surface area contributed by atoms with Crippen LogP contribution < -0.4 is 10.2 Å². The number of aromatic nitrogens is 4. The van der Waals surface area contributed by atoms with Crippen molar-refractivity contribution in [2.45, 2.75) is 45.2 Å². The Morgan fingerprint density at radius 3 is 2.38 bits per heavy atom. The molecule has 0 bridgehead atoms. The zero-order valence-electron chi connectivity index (χ0n) is 20.9. The van der Waals surface area contributed by atoms with Gasteiger partial charge in [-0.15, -0.1) is 0 Å². The monoisotopic (exact) mass is 522 g/mol. The molecule has 10 heteroatoms. The van der Waals surface area contributed by atoms with Gasteiger partial charge in [-0.05, 0) is 70.0 Å². The van der Waals surface area contributed by atoms with Gasteiger partial charge >= 0.3 is 5.97 Å². The van der Waals surface area contributed by atoms with Crippen molar-refractivity contribution in [1.82, 2.24) is 24.8 Å². The molecule has 2 aromatic heterocycles. The zero-order chi connectivity index (χ0) is 26.3. The maximum Gasteiger partial charge on any atom is 0.324 e. The summed E-state index contributed by atoms with van der Waals surface area (Å²) in [4.78, 5) is 28.5. The second-order valence-electron chi connectivity index (χ2n) is 9.67. The van der Waals surface area contributed by atoms with E-state index in [1.165, 1.54) is 6.07 Å². The number of imidazole rings is 1. The van der Waals surface area contributed by atoms with E-state index in [-0.39, 0.29) is 6.04 Å². The van der Waals surface area contributed by atoms with E-state index in [9.17, 15) is 14.3 Å². The molecular weight excluding hydrogens is 495 g/mol. The molecule has 0 spiro atoms. The SMILES string of the molecule is Cc1nc(N2CCC(NC(C)C)(C(=O)O)CC2)c2nc(-c3ccccc3F)n(-c3ccc(Cl)cc3)c2n1. The number of nitrogens with zero attached hydrogens (tertiary/aromatic N) is 5. The number of benzene rings is 2. The van der Waals surface area contributed by atoms with Gasteiger partial charge in [-0.3, -0.25) is 14.7 Å². The molecule has 0 unspecified atom stereocenters. The minimum absolute atomic E-state index is 0.0362. The average molecular weight is 523 g/mol. The van der Waals surface area contributed by atoms with Crippen LogP contribution in [0, 0.1) is 12.7 Å².